The minimum atomic E-state index is -0.334. The third-order valence-electron chi connectivity index (χ3n) is 2.51. The highest BCUT2D eigenvalue weighted by Crippen LogP contribution is 2.31. The molecular formula is C14H13F2NS. The number of hydrogen-bond acceptors (Lipinski definition) is 2. The Morgan fingerprint density at radius 1 is 1.11 bits per heavy atom. The fraction of sp³-hybridized carbons (Fsp3) is 0.143. The van der Waals surface area contributed by atoms with E-state index in [2.05, 4.69) is 0 Å². The quantitative estimate of drug-likeness (QED) is 0.902. The first-order valence-corrected chi connectivity index (χ1v) is 6.36. The van der Waals surface area contributed by atoms with Crippen LogP contribution in [0.15, 0.2) is 52.3 Å². The number of benzene rings is 2. The number of hydrogen-bond donors (Lipinski definition) is 1. The van der Waals surface area contributed by atoms with Gasteiger partial charge in [0.15, 0.2) is 0 Å². The van der Waals surface area contributed by atoms with E-state index in [4.69, 9.17) is 5.73 Å². The lowest BCUT2D eigenvalue weighted by Gasteiger charge is -2.08. The molecule has 2 aromatic carbocycles. The maximum atomic E-state index is 13.8. The Labute approximate surface area is 109 Å². The van der Waals surface area contributed by atoms with Crippen molar-refractivity contribution in [3.8, 4) is 0 Å². The predicted molar refractivity (Wildman–Crippen MR) is 69.5 cm³/mol. The maximum absolute atomic E-state index is 13.8. The van der Waals surface area contributed by atoms with Crippen LogP contribution in [0.4, 0.5) is 8.78 Å². The predicted octanol–water partition coefficient (Wildman–Crippen LogP) is 4.14. The molecule has 1 atom stereocenters. The van der Waals surface area contributed by atoms with Crippen molar-refractivity contribution < 1.29 is 8.78 Å². The standard InChI is InChI=1S/C14H13F2NS/c1-9(17)10-5-6-14(13(16)7-10)18-12-4-2-3-11(15)8-12/h2-9H,17H2,1H3/t9-/m1/s1. The fourth-order valence-corrected chi connectivity index (χ4v) is 2.41. The molecule has 0 aliphatic carbocycles. The zero-order valence-corrected chi connectivity index (χ0v) is 10.7. The summed E-state index contributed by atoms with van der Waals surface area (Å²) in [6.45, 7) is 1.80. The number of nitrogens with two attached hydrogens (primary N) is 1. The summed E-state index contributed by atoms with van der Waals surface area (Å²) in [7, 11) is 0. The van der Waals surface area contributed by atoms with E-state index in [1.165, 1.54) is 30.0 Å². The smallest absolute Gasteiger partial charge is 0.137 e. The topological polar surface area (TPSA) is 26.0 Å². The summed E-state index contributed by atoms with van der Waals surface area (Å²) in [4.78, 5) is 1.13. The normalized spacial score (nSPS) is 12.4. The second kappa shape index (κ2) is 5.50. The van der Waals surface area contributed by atoms with Gasteiger partial charge in [-0.2, -0.15) is 0 Å². The Bertz CT molecular complexity index is 555. The van der Waals surface area contributed by atoms with Crippen LogP contribution in [0.1, 0.15) is 18.5 Å². The van der Waals surface area contributed by atoms with Crippen LogP contribution in [0.3, 0.4) is 0 Å². The van der Waals surface area contributed by atoms with Crippen molar-refractivity contribution in [1.82, 2.24) is 0 Å². The molecule has 0 aliphatic heterocycles. The van der Waals surface area contributed by atoms with Crippen molar-refractivity contribution >= 4 is 11.8 Å². The van der Waals surface area contributed by atoms with E-state index in [1.54, 1.807) is 31.2 Å². The van der Waals surface area contributed by atoms with E-state index in [0.29, 0.717) is 9.79 Å². The van der Waals surface area contributed by atoms with Gasteiger partial charge >= 0.3 is 0 Å². The van der Waals surface area contributed by atoms with Gasteiger partial charge in [-0.25, -0.2) is 8.78 Å². The second-order valence-corrected chi connectivity index (χ2v) is 5.15. The van der Waals surface area contributed by atoms with E-state index >= 15 is 0 Å². The lowest BCUT2D eigenvalue weighted by Crippen LogP contribution is -2.05. The third-order valence-corrected chi connectivity index (χ3v) is 3.55. The highest BCUT2D eigenvalue weighted by atomic mass is 32.2. The molecule has 18 heavy (non-hydrogen) atoms. The molecule has 0 bridgehead atoms. The van der Waals surface area contributed by atoms with Crippen LogP contribution >= 0.6 is 11.8 Å². The Morgan fingerprint density at radius 3 is 2.50 bits per heavy atom. The highest BCUT2D eigenvalue weighted by Gasteiger charge is 2.08. The highest BCUT2D eigenvalue weighted by molar-refractivity contribution is 7.99. The summed E-state index contributed by atoms with van der Waals surface area (Å²) in [5.41, 5.74) is 6.43. The molecule has 2 N–H and O–H groups in total. The van der Waals surface area contributed by atoms with Crippen molar-refractivity contribution in [2.75, 3.05) is 0 Å². The average molecular weight is 265 g/mol. The van der Waals surface area contributed by atoms with Gasteiger partial charge in [0.25, 0.3) is 0 Å². The first kappa shape index (κ1) is 13.1. The van der Waals surface area contributed by atoms with Gasteiger partial charge in [-0.1, -0.05) is 23.9 Å². The molecule has 0 aliphatic rings. The monoisotopic (exact) mass is 265 g/mol. The Kier molecular flexibility index (Phi) is 3.99. The molecule has 1 nitrogen and oxygen atoms in total. The summed E-state index contributed by atoms with van der Waals surface area (Å²) in [6, 6.07) is 10.8. The number of rotatable bonds is 3. The summed E-state index contributed by atoms with van der Waals surface area (Å²) in [6.07, 6.45) is 0. The van der Waals surface area contributed by atoms with Crippen molar-refractivity contribution in [3.63, 3.8) is 0 Å². The summed E-state index contributed by atoms with van der Waals surface area (Å²) < 4.78 is 26.8. The lowest BCUT2D eigenvalue weighted by molar-refractivity contribution is 0.596. The van der Waals surface area contributed by atoms with E-state index in [1.807, 2.05) is 0 Å². The minimum absolute atomic E-state index is 0.201. The van der Waals surface area contributed by atoms with Crippen molar-refractivity contribution in [3.05, 3.63) is 59.7 Å². The molecule has 2 rings (SSSR count). The van der Waals surface area contributed by atoms with Crippen LogP contribution in [0, 0.1) is 11.6 Å². The molecular weight excluding hydrogens is 252 g/mol. The Hall–Kier alpha value is -1.39. The van der Waals surface area contributed by atoms with Crippen molar-refractivity contribution in [1.29, 1.82) is 0 Å². The van der Waals surface area contributed by atoms with Crippen molar-refractivity contribution in [2.45, 2.75) is 22.8 Å². The van der Waals surface area contributed by atoms with Crippen molar-refractivity contribution in [2.24, 2.45) is 5.73 Å². The second-order valence-electron chi connectivity index (χ2n) is 4.04. The molecule has 0 unspecified atom stereocenters. The van der Waals surface area contributed by atoms with Gasteiger partial charge in [0.05, 0.1) is 0 Å². The van der Waals surface area contributed by atoms with E-state index in [0.717, 1.165) is 5.56 Å². The minimum Gasteiger partial charge on any atom is -0.324 e. The molecule has 0 aromatic heterocycles. The molecule has 4 heteroatoms. The first-order valence-electron chi connectivity index (χ1n) is 5.54. The molecule has 0 spiro atoms. The first-order chi connectivity index (χ1) is 8.56. The average Bonchev–Trinajstić information content (AvgIpc) is 2.31. The Balaban J connectivity index is 2.24. The van der Waals surface area contributed by atoms with Gasteiger partial charge in [0, 0.05) is 15.8 Å². The fourth-order valence-electron chi connectivity index (χ4n) is 1.54. The molecule has 94 valence electrons. The van der Waals surface area contributed by atoms with Crippen LogP contribution < -0.4 is 5.73 Å². The van der Waals surface area contributed by atoms with Crippen LogP contribution in [-0.4, -0.2) is 0 Å². The molecule has 0 fully saturated rings. The molecule has 0 radical (unpaired) electrons. The molecule has 0 amide bonds. The van der Waals surface area contributed by atoms with Gasteiger partial charge in [0.1, 0.15) is 11.6 Å². The summed E-state index contributed by atoms with van der Waals surface area (Å²) in [5, 5.41) is 0. The van der Waals surface area contributed by atoms with Gasteiger partial charge in [0.2, 0.25) is 0 Å². The molecule has 0 saturated heterocycles. The van der Waals surface area contributed by atoms with Crippen LogP contribution in [-0.2, 0) is 0 Å². The zero-order valence-electron chi connectivity index (χ0n) is 9.86. The number of halogens is 2. The largest absolute Gasteiger partial charge is 0.324 e. The third kappa shape index (κ3) is 3.09. The van der Waals surface area contributed by atoms with Gasteiger partial charge in [-0.15, -0.1) is 0 Å². The van der Waals surface area contributed by atoms with Crippen LogP contribution in [0.2, 0.25) is 0 Å². The lowest BCUT2D eigenvalue weighted by atomic mass is 10.1. The maximum Gasteiger partial charge on any atom is 0.137 e. The zero-order chi connectivity index (χ0) is 13.1. The van der Waals surface area contributed by atoms with E-state index in [-0.39, 0.29) is 17.7 Å². The summed E-state index contributed by atoms with van der Waals surface area (Å²) in [5.74, 6) is -0.660. The van der Waals surface area contributed by atoms with Gasteiger partial charge in [-0.05, 0) is 42.8 Å². The van der Waals surface area contributed by atoms with Gasteiger partial charge < -0.3 is 5.73 Å². The summed E-state index contributed by atoms with van der Waals surface area (Å²) >= 11 is 1.19. The Morgan fingerprint density at radius 2 is 1.89 bits per heavy atom. The van der Waals surface area contributed by atoms with Gasteiger partial charge in [-0.3, -0.25) is 0 Å². The van der Waals surface area contributed by atoms with Crippen LogP contribution in [0.5, 0.6) is 0 Å². The molecule has 0 saturated carbocycles. The van der Waals surface area contributed by atoms with Crippen LogP contribution in [0.25, 0.3) is 0 Å². The molecule has 2 aromatic rings. The SMILES string of the molecule is C[C@@H](N)c1ccc(Sc2cccc(F)c2)c(F)c1. The van der Waals surface area contributed by atoms with E-state index in [9.17, 15) is 8.78 Å². The van der Waals surface area contributed by atoms with E-state index < -0.39 is 0 Å². The molecule has 0 heterocycles.